The van der Waals surface area contributed by atoms with Crippen LogP contribution < -0.4 is 5.73 Å². The largest absolute Gasteiger partial charge is 0.480 e. The minimum Gasteiger partial charge on any atom is -0.480 e. The lowest BCUT2D eigenvalue weighted by atomic mass is 9.83. The maximum Gasteiger partial charge on any atom is 0.321 e. The lowest BCUT2D eigenvalue weighted by Crippen LogP contribution is -2.36. The Hall–Kier alpha value is -2.56. The summed E-state index contributed by atoms with van der Waals surface area (Å²) in [7, 11) is 0. The molecule has 0 amide bonds. The lowest BCUT2D eigenvalue weighted by molar-refractivity contribution is -0.137. The Morgan fingerprint density at radius 2 is 1.10 bits per heavy atom. The Kier molecular flexibility index (Phi) is 6.46. The zero-order valence-corrected chi connectivity index (χ0v) is 17.9. The van der Waals surface area contributed by atoms with Crippen molar-refractivity contribution in [1.82, 2.24) is 0 Å². The molecule has 0 aliphatic rings. The van der Waals surface area contributed by atoms with E-state index in [1.54, 1.807) is 11.8 Å². The smallest absolute Gasteiger partial charge is 0.321 e. The summed E-state index contributed by atoms with van der Waals surface area (Å²) in [5.74, 6) is -0.687. The van der Waals surface area contributed by atoms with Crippen molar-refractivity contribution >= 4 is 17.7 Å². The van der Waals surface area contributed by atoms with Crippen molar-refractivity contribution in [2.45, 2.75) is 31.6 Å². The number of hydrogen-bond donors (Lipinski definition) is 2. The van der Waals surface area contributed by atoms with Crippen LogP contribution in [-0.2, 0) is 9.54 Å². The first kappa shape index (κ1) is 21.2. The second-order valence-electron chi connectivity index (χ2n) is 7.53. The number of nitrogens with two attached hydrogens (primary N) is 1. The normalized spacial score (nSPS) is 12.6. The molecule has 0 heterocycles. The van der Waals surface area contributed by atoms with Crippen LogP contribution in [0.5, 0.6) is 0 Å². The minimum absolute atomic E-state index is 0.297. The summed E-state index contributed by atoms with van der Waals surface area (Å²) in [5.41, 5.74) is 12.8. The Morgan fingerprint density at radius 3 is 1.38 bits per heavy atom. The molecular weight excluding hydrogens is 378 g/mol. The molecule has 3 aromatic carbocycles. The summed E-state index contributed by atoms with van der Waals surface area (Å²) in [6, 6.07) is 24.5. The minimum atomic E-state index is -0.983. The van der Waals surface area contributed by atoms with Crippen molar-refractivity contribution in [2.24, 2.45) is 5.73 Å². The molecular formula is C25H27NO2S. The van der Waals surface area contributed by atoms with Gasteiger partial charge in [0.05, 0.1) is 4.75 Å². The first-order valence-electron chi connectivity index (χ1n) is 9.66. The summed E-state index contributed by atoms with van der Waals surface area (Å²) < 4.78 is -0.553. The van der Waals surface area contributed by atoms with Gasteiger partial charge < -0.3 is 10.8 Å². The van der Waals surface area contributed by atoms with Crippen LogP contribution in [0.15, 0.2) is 72.8 Å². The van der Waals surface area contributed by atoms with Crippen LogP contribution in [-0.4, -0.2) is 22.9 Å². The van der Waals surface area contributed by atoms with Crippen LogP contribution in [0.4, 0.5) is 0 Å². The molecule has 4 heteroatoms. The van der Waals surface area contributed by atoms with Gasteiger partial charge in [-0.1, -0.05) is 89.5 Å². The highest BCUT2D eigenvalue weighted by molar-refractivity contribution is 8.00. The molecule has 0 radical (unpaired) electrons. The van der Waals surface area contributed by atoms with Gasteiger partial charge in [-0.15, -0.1) is 11.8 Å². The molecule has 1 unspecified atom stereocenters. The van der Waals surface area contributed by atoms with E-state index in [-0.39, 0.29) is 0 Å². The number of rotatable bonds is 7. The van der Waals surface area contributed by atoms with E-state index in [1.807, 2.05) is 0 Å². The van der Waals surface area contributed by atoms with Crippen molar-refractivity contribution in [2.75, 3.05) is 5.75 Å². The number of aliphatic carboxylic acids is 1. The molecule has 0 saturated heterocycles. The molecule has 0 fully saturated rings. The van der Waals surface area contributed by atoms with Crippen LogP contribution >= 0.6 is 11.8 Å². The Bertz CT molecular complexity index is 852. The fraction of sp³-hybridized carbons (Fsp3) is 0.240. The van der Waals surface area contributed by atoms with Gasteiger partial charge in [0, 0.05) is 5.75 Å². The predicted octanol–water partition coefficient (Wildman–Crippen LogP) is 5.05. The second-order valence-corrected chi connectivity index (χ2v) is 8.77. The fourth-order valence-corrected chi connectivity index (χ4v) is 4.88. The van der Waals surface area contributed by atoms with E-state index in [4.69, 9.17) is 5.73 Å². The Morgan fingerprint density at radius 1 is 0.793 bits per heavy atom. The van der Waals surface area contributed by atoms with E-state index in [2.05, 4.69) is 93.6 Å². The zero-order valence-electron chi connectivity index (χ0n) is 17.1. The van der Waals surface area contributed by atoms with Gasteiger partial charge in [-0.3, -0.25) is 4.79 Å². The molecule has 0 saturated carbocycles. The molecule has 0 aliphatic carbocycles. The maximum absolute atomic E-state index is 11.4. The fourth-order valence-electron chi connectivity index (χ4n) is 3.40. The van der Waals surface area contributed by atoms with E-state index in [1.165, 1.54) is 16.7 Å². The van der Waals surface area contributed by atoms with Gasteiger partial charge in [-0.2, -0.15) is 0 Å². The third-order valence-corrected chi connectivity index (χ3v) is 6.84. The number of aryl methyl sites for hydroxylation is 3. The first-order chi connectivity index (χ1) is 13.8. The number of hydrogen-bond acceptors (Lipinski definition) is 3. The molecule has 0 bridgehead atoms. The highest BCUT2D eigenvalue weighted by atomic mass is 32.2. The number of carboxylic acid groups (broad SMARTS) is 1. The summed E-state index contributed by atoms with van der Waals surface area (Å²) in [4.78, 5) is 11.4. The van der Waals surface area contributed by atoms with Gasteiger partial charge in [0.2, 0.25) is 0 Å². The molecule has 0 spiro atoms. The van der Waals surface area contributed by atoms with E-state index in [0.29, 0.717) is 5.75 Å². The zero-order chi connectivity index (χ0) is 21.0. The monoisotopic (exact) mass is 405 g/mol. The van der Waals surface area contributed by atoms with Gasteiger partial charge in [-0.05, 0) is 37.5 Å². The second kappa shape index (κ2) is 8.85. The topological polar surface area (TPSA) is 63.3 Å². The van der Waals surface area contributed by atoms with Crippen LogP contribution in [0, 0.1) is 20.8 Å². The van der Waals surface area contributed by atoms with Crippen molar-refractivity contribution < 1.29 is 9.90 Å². The van der Waals surface area contributed by atoms with Gasteiger partial charge >= 0.3 is 5.97 Å². The summed E-state index contributed by atoms with van der Waals surface area (Å²) in [5, 5.41) is 9.36. The third-order valence-electron chi connectivity index (χ3n) is 5.17. The van der Waals surface area contributed by atoms with Crippen LogP contribution in [0.3, 0.4) is 0 Å². The molecule has 3 nitrogen and oxygen atoms in total. The Labute approximate surface area is 177 Å². The summed E-state index contributed by atoms with van der Waals surface area (Å²) >= 11 is 1.58. The third kappa shape index (κ3) is 4.55. The van der Waals surface area contributed by atoms with E-state index >= 15 is 0 Å². The molecule has 0 aliphatic heterocycles. The first-order valence-corrected chi connectivity index (χ1v) is 10.7. The summed E-state index contributed by atoms with van der Waals surface area (Å²) in [6.45, 7) is 6.20. The molecule has 3 N–H and O–H groups in total. The predicted molar refractivity (Wildman–Crippen MR) is 121 cm³/mol. The van der Waals surface area contributed by atoms with E-state index < -0.39 is 16.8 Å². The molecule has 0 aromatic heterocycles. The quantitative estimate of drug-likeness (QED) is 0.540. The molecule has 1 atom stereocenters. The number of carboxylic acids is 1. The van der Waals surface area contributed by atoms with Gasteiger partial charge in [-0.25, -0.2) is 0 Å². The number of thioether (sulfide) groups is 1. The summed E-state index contributed by atoms with van der Waals surface area (Å²) in [6.07, 6.45) is 0. The van der Waals surface area contributed by atoms with Crippen LogP contribution in [0.2, 0.25) is 0 Å². The van der Waals surface area contributed by atoms with Crippen LogP contribution in [0.1, 0.15) is 33.4 Å². The number of carbonyl (C=O) groups is 1. The number of benzene rings is 3. The maximum atomic E-state index is 11.4. The van der Waals surface area contributed by atoms with Gasteiger partial charge in [0.15, 0.2) is 0 Å². The van der Waals surface area contributed by atoms with Crippen molar-refractivity contribution in [1.29, 1.82) is 0 Å². The van der Waals surface area contributed by atoms with Crippen LogP contribution in [0.25, 0.3) is 0 Å². The average Bonchev–Trinajstić information content (AvgIpc) is 2.71. The van der Waals surface area contributed by atoms with E-state index in [9.17, 15) is 9.90 Å². The lowest BCUT2D eigenvalue weighted by Gasteiger charge is -2.36. The highest BCUT2D eigenvalue weighted by Crippen LogP contribution is 2.48. The average molecular weight is 406 g/mol. The highest BCUT2D eigenvalue weighted by Gasteiger charge is 2.38. The van der Waals surface area contributed by atoms with Gasteiger partial charge in [0.1, 0.15) is 6.04 Å². The molecule has 3 aromatic rings. The van der Waals surface area contributed by atoms with Gasteiger partial charge in [0.25, 0.3) is 0 Å². The van der Waals surface area contributed by atoms with E-state index in [0.717, 1.165) is 16.7 Å². The molecule has 29 heavy (non-hydrogen) atoms. The molecule has 3 rings (SSSR count). The molecule has 150 valence electrons. The Balaban J connectivity index is 2.24. The van der Waals surface area contributed by atoms with Crippen molar-refractivity contribution in [3.63, 3.8) is 0 Å². The van der Waals surface area contributed by atoms with Crippen molar-refractivity contribution in [3.8, 4) is 0 Å². The van der Waals surface area contributed by atoms with Crippen molar-refractivity contribution in [3.05, 3.63) is 106 Å². The SMILES string of the molecule is Cc1ccc(C(SCC(N)C(=O)O)(c2ccc(C)cc2)c2ccc(C)cc2)cc1. The standard InChI is InChI=1S/C25H27NO2S/c1-17-4-10-20(11-5-17)25(29-16-23(26)24(27)28,21-12-6-18(2)7-13-21)22-14-8-19(3)9-15-22/h4-15,23H,16,26H2,1-3H3,(H,27,28).